The number of para-hydroxylation sites is 1. The zero-order chi connectivity index (χ0) is 23.9. The second-order valence-electron chi connectivity index (χ2n) is 7.05. The van der Waals surface area contributed by atoms with Gasteiger partial charge in [-0.1, -0.05) is 72.1 Å². The van der Waals surface area contributed by atoms with Gasteiger partial charge in [0.25, 0.3) is 11.7 Å². The smallest absolute Gasteiger partial charge is 0.288 e. The second-order valence-corrected chi connectivity index (χ2v) is 9.06. The first kappa shape index (κ1) is 23.7. The summed E-state index contributed by atoms with van der Waals surface area (Å²) in [5.74, 6) is -3.06. The fourth-order valence-electron chi connectivity index (χ4n) is 3.15. The maximum Gasteiger partial charge on any atom is 0.288 e. The normalized spacial score (nSPS) is 14.6. The lowest BCUT2D eigenvalue weighted by Crippen LogP contribution is -2.31. The maximum atomic E-state index is 13.1. The SMILES string of the molecule is O=C(CSC1=NC(=Cc2ccccc2)C(=O)N1c1ccccc1)Nc1ccc(SC(F)F)cc1. The molecule has 0 saturated carbocycles. The summed E-state index contributed by atoms with van der Waals surface area (Å²) < 4.78 is 24.9. The van der Waals surface area contributed by atoms with Crippen LogP contribution in [0.1, 0.15) is 5.56 Å². The first-order chi connectivity index (χ1) is 16.5. The van der Waals surface area contributed by atoms with Crippen LogP contribution in [-0.2, 0) is 9.59 Å². The van der Waals surface area contributed by atoms with E-state index >= 15 is 0 Å². The highest BCUT2D eigenvalue weighted by Crippen LogP contribution is 2.30. The van der Waals surface area contributed by atoms with Crippen molar-refractivity contribution >= 4 is 58.0 Å². The van der Waals surface area contributed by atoms with Gasteiger partial charge in [-0.2, -0.15) is 8.78 Å². The van der Waals surface area contributed by atoms with Gasteiger partial charge in [0.2, 0.25) is 5.91 Å². The Hall–Kier alpha value is -3.43. The molecular formula is C25H19F2N3O2S2. The van der Waals surface area contributed by atoms with Crippen molar-refractivity contribution < 1.29 is 18.4 Å². The minimum absolute atomic E-state index is 0.0155. The Labute approximate surface area is 204 Å². The molecule has 0 bridgehead atoms. The quantitative estimate of drug-likeness (QED) is 0.317. The molecule has 1 heterocycles. The molecule has 5 nitrogen and oxygen atoms in total. The number of rotatable bonds is 7. The molecule has 4 rings (SSSR count). The molecular weight excluding hydrogens is 476 g/mol. The third-order valence-electron chi connectivity index (χ3n) is 4.64. The van der Waals surface area contributed by atoms with Crippen LogP contribution < -0.4 is 10.2 Å². The van der Waals surface area contributed by atoms with Crippen molar-refractivity contribution in [2.45, 2.75) is 10.7 Å². The molecule has 172 valence electrons. The van der Waals surface area contributed by atoms with E-state index in [9.17, 15) is 18.4 Å². The van der Waals surface area contributed by atoms with Gasteiger partial charge in [0.15, 0.2) is 5.17 Å². The van der Waals surface area contributed by atoms with Crippen molar-refractivity contribution in [2.24, 2.45) is 4.99 Å². The Kier molecular flexibility index (Phi) is 7.76. The molecule has 0 radical (unpaired) electrons. The first-order valence-corrected chi connectivity index (χ1v) is 12.1. The minimum Gasteiger partial charge on any atom is -0.325 e. The average molecular weight is 496 g/mol. The third-order valence-corrected chi connectivity index (χ3v) is 6.30. The van der Waals surface area contributed by atoms with Crippen molar-refractivity contribution in [1.29, 1.82) is 0 Å². The molecule has 0 atom stereocenters. The molecule has 2 amide bonds. The van der Waals surface area contributed by atoms with Crippen LogP contribution >= 0.6 is 23.5 Å². The zero-order valence-electron chi connectivity index (χ0n) is 17.7. The van der Waals surface area contributed by atoms with E-state index in [4.69, 9.17) is 0 Å². The van der Waals surface area contributed by atoms with Crippen LogP contribution in [0.2, 0.25) is 0 Å². The summed E-state index contributed by atoms with van der Waals surface area (Å²) in [6.07, 6.45) is 1.71. The molecule has 1 aliphatic rings. The number of thioether (sulfide) groups is 2. The minimum atomic E-state index is -2.50. The van der Waals surface area contributed by atoms with Gasteiger partial charge in [0.1, 0.15) is 5.70 Å². The highest BCUT2D eigenvalue weighted by Gasteiger charge is 2.32. The van der Waals surface area contributed by atoms with Crippen molar-refractivity contribution in [2.75, 3.05) is 16.0 Å². The number of anilines is 2. The van der Waals surface area contributed by atoms with E-state index in [-0.39, 0.29) is 23.3 Å². The van der Waals surface area contributed by atoms with Crippen LogP contribution in [0, 0.1) is 0 Å². The highest BCUT2D eigenvalue weighted by molar-refractivity contribution is 8.14. The van der Waals surface area contributed by atoms with Crippen molar-refractivity contribution in [3.8, 4) is 0 Å². The molecule has 0 aliphatic carbocycles. The zero-order valence-corrected chi connectivity index (χ0v) is 19.4. The van der Waals surface area contributed by atoms with Gasteiger partial charge >= 0.3 is 0 Å². The summed E-state index contributed by atoms with van der Waals surface area (Å²) in [6, 6.07) is 24.7. The van der Waals surface area contributed by atoms with Gasteiger partial charge < -0.3 is 5.32 Å². The summed E-state index contributed by atoms with van der Waals surface area (Å²) in [6.45, 7) is 0. The molecule has 0 saturated heterocycles. The number of nitrogens with zero attached hydrogens (tertiary/aromatic N) is 2. The first-order valence-electron chi connectivity index (χ1n) is 10.2. The Balaban J connectivity index is 1.47. The van der Waals surface area contributed by atoms with Crippen LogP contribution in [0.5, 0.6) is 0 Å². The van der Waals surface area contributed by atoms with Gasteiger partial charge in [-0.05, 0) is 48.0 Å². The Bertz CT molecular complexity index is 1220. The van der Waals surface area contributed by atoms with Gasteiger partial charge in [0.05, 0.1) is 11.4 Å². The number of aliphatic imine (C=N–C) groups is 1. The second kappa shape index (κ2) is 11.1. The van der Waals surface area contributed by atoms with Crippen LogP contribution in [0.15, 0.2) is 101 Å². The molecule has 0 spiro atoms. The summed E-state index contributed by atoms with van der Waals surface area (Å²) in [7, 11) is 0. The number of carbonyl (C=O) groups is 2. The van der Waals surface area contributed by atoms with Crippen LogP contribution in [0.4, 0.5) is 20.2 Å². The Morgan fingerprint density at radius 2 is 1.62 bits per heavy atom. The summed E-state index contributed by atoms with van der Waals surface area (Å²) >= 11 is 1.59. The number of hydrogen-bond donors (Lipinski definition) is 1. The van der Waals surface area contributed by atoms with Crippen LogP contribution in [0.25, 0.3) is 6.08 Å². The van der Waals surface area contributed by atoms with Crippen LogP contribution in [-0.4, -0.2) is 28.5 Å². The molecule has 0 fully saturated rings. The van der Waals surface area contributed by atoms with E-state index < -0.39 is 5.76 Å². The van der Waals surface area contributed by atoms with E-state index in [2.05, 4.69) is 10.3 Å². The van der Waals surface area contributed by atoms with E-state index in [0.717, 1.165) is 17.3 Å². The molecule has 34 heavy (non-hydrogen) atoms. The molecule has 3 aromatic rings. The third kappa shape index (κ3) is 6.12. The number of carbonyl (C=O) groups excluding carboxylic acids is 2. The number of benzene rings is 3. The molecule has 0 unspecified atom stereocenters. The number of amidine groups is 1. The molecule has 1 N–H and O–H groups in total. The lowest BCUT2D eigenvalue weighted by atomic mass is 10.2. The molecule has 1 aliphatic heterocycles. The van der Waals surface area contributed by atoms with Crippen molar-refractivity contribution in [3.63, 3.8) is 0 Å². The lowest BCUT2D eigenvalue weighted by molar-refractivity contribution is -0.114. The molecule has 9 heteroatoms. The number of amides is 2. The predicted molar refractivity (Wildman–Crippen MR) is 135 cm³/mol. The van der Waals surface area contributed by atoms with E-state index in [1.807, 2.05) is 48.5 Å². The van der Waals surface area contributed by atoms with Gasteiger partial charge in [-0.25, -0.2) is 4.99 Å². The average Bonchev–Trinajstić information content (AvgIpc) is 3.14. The highest BCUT2D eigenvalue weighted by atomic mass is 32.2. The fourth-order valence-corrected chi connectivity index (χ4v) is 4.46. The summed E-state index contributed by atoms with van der Waals surface area (Å²) in [5.41, 5.74) is 2.28. The number of halogens is 2. The van der Waals surface area contributed by atoms with Gasteiger partial charge in [-0.3, -0.25) is 14.5 Å². The molecule has 3 aromatic carbocycles. The Morgan fingerprint density at radius 3 is 2.26 bits per heavy atom. The summed E-state index contributed by atoms with van der Waals surface area (Å²) in [4.78, 5) is 32.0. The predicted octanol–water partition coefficient (Wildman–Crippen LogP) is 6.12. The fraction of sp³-hybridized carbons (Fsp3) is 0.0800. The van der Waals surface area contributed by atoms with Crippen molar-refractivity contribution in [1.82, 2.24) is 0 Å². The van der Waals surface area contributed by atoms with Crippen molar-refractivity contribution in [3.05, 3.63) is 96.2 Å². The van der Waals surface area contributed by atoms with Gasteiger partial charge in [0, 0.05) is 10.6 Å². The van der Waals surface area contributed by atoms with E-state index in [1.165, 1.54) is 17.0 Å². The standard InChI is InChI=1S/C25H19F2N3O2S2/c26-24(27)34-20-13-11-18(12-14-20)28-22(31)16-33-25-29-21(15-17-7-3-1-4-8-17)23(32)30(25)19-9-5-2-6-10-19/h1-15,24H,16H2,(H,28,31). The van der Waals surface area contributed by atoms with Crippen LogP contribution in [0.3, 0.4) is 0 Å². The topological polar surface area (TPSA) is 61.8 Å². The monoisotopic (exact) mass is 495 g/mol. The lowest BCUT2D eigenvalue weighted by Gasteiger charge is -2.17. The maximum absolute atomic E-state index is 13.1. The number of alkyl halides is 2. The Morgan fingerprint density at radius 1 is 0.971 bits per heavy atom. The largest absolute Gasteiger partial charge is 0.325 e. The van der Waals surface area contributed by atoms with E-state index in [0.29, 0.717) is 33.2 Å². The molecule has 0 aromatic heterocycles. The number of hydrogen-bond acceptors (Lipinski definition) is 5. The van der Waals surface area contributed by atoms with E-state index in [1.54, 1.807) is 30.3 Å². The summed E-state index contributed by atoms with van der Waals surface area (Å²) in [5, 5.41) is 3.13. The number of nitrogens with one attached hydrogen (secondary N) is 1. The van der Waals surface area contributed by atoms with Gasteiger partial charge in [-0.15, -0.1) is 0 Å².